The summed E-state index contributed by atoms with van der Waals surface area (Å²) in [7, 11) is 0. The molecule has 0 aliphatic heterocycles. The van der Waals surface area contributed by atoms with E-state index >= 15 is 0 Å². The van der Waals surface area contributed by atoms with Crippen molar-refractivity contribution in [3.63, 3.8) is 0 Å². The molecule has 3 aromatic carbocycles. The fraction of sp³-hybridized carbons (Fsp3) is 0.143. The van der Waals surface area contributed by atoms with Crippen LogP contribution >= 0.6 is 23.2 Å². The van der Waals surface area contributed by atoms with Gasteiger partial charge in [0, 0.05) is 12.2 Å². The molecule has 0 saturated heterocycles. The van der Waals surface area contributed by atoms with E-state index in [1.165, 1.54) is 17.7 Å². The molecule has 5 heteroatoms. The molecular weight excluding hydrogens is 372 g/mol. The minimum Gasteiger partial charge on any atom is -0.486 e. The topological polar surface area (TPSA) is 21.3 Å². The fourth-order valence-electron chi connectivity index (χ4n) is 2.51. The van der Waals surface area contributed by atoms with Gasteiger partial charge in [0.05, 0.1) is 10.0 Å². The number of hydrogen-bond donors (Lipinski definition) is 1. The summed E-state index contributed by atoms with van der Waals surface area (Å²) in [6, 6.07) is 18.0. The van der Waals surface area contributed by atoms with Gasteiger partial charge in [-0.25, -0.2) is 4.39 Å². The molecule has 0 heterocycles. The number of halogens is 3. The Morgan fingerprint density at radius 3 is 2.27 bits per heavy atom. The van der Waals surface area contributed by atoms with Crippen LogP contribution in [0.2, 0.25) is 10.0 Å². The van der Waals surface area contributed by atoms with Crippen molar-refractivity contribution in [3.05, 3.63) is 93.2 Å². The summed E-state index contributed by atoms with van der Waals surface area (Å²) in [6.45, 7) is 2.83. The van der Waals surface area contributed by atoms with E-state index in [9.17, 15) is 4.39 Å². The van der Waals surface area contributed by atoms with E-state index in [4.69, 9.17) is 27.9 Å². The van der Waals surface area contributed by atoms with Crippen molar-refractivity contribution in [1.29, 1.82) is 0 Å². The van der Waals surface area contributed by atoms with E-state index in [1.807, 2.05) is 43.3 Å². The predicted molar refractivity (Wildman–Crippen MR) is 106 cm³/mol. The lowest BCUT2D eigenvalue weighted by Gasteiger charge is -2.13. The van der Waals surface area contributed by atoms with Crippen LogP contribution in [0.25, 0.3) is 0 Å². The molecule has 0 spiro atoms. The lowest BCUT2D eigenvalue weighted by Crippen LogP contribution is -2.01. The average molecular weight is 390 g/mol. The molecule has 0 bridgehead atoms. The summed E-state index contributed by atoms with van der Waals surface area (Å²) >= 11 is 12.6. The van der Waals surface area contributed by atoms with E-state index in [2.05, 4.69) is 5.32 Å². The maximum atomic E-state index is 13.2. The van der Waals surface area contributed by atoms with E-state index in [0.29, 0.717) is 27.9 Å². The van der Waals surface area contributed by atoms with Crippen LogP contribution in [0.4, 0.5) is 10.1 Å². The molecule has 0 atom stereocenters. The van der Waals surface area contributed by atoms with Crippen LogP contribution in [0.5, 0.6) is 5.75 Å². The Bertz CT molecular complexity index is 874. The zero-order chi connectivity index (χ0) is 18.5. The summed E-state index contributed by atoms with van der Waals surface area (Å²) in [5.41, 5.74) is 3.89. The monoisotopic (exact) mass is 389 g/mol. The van der Waals surface area contributed by atoms with Gasteiger partial charge in [-0.05, 0) is 54.4 Å². The van der Waals surface area contributed by atoms with Gasteiger partial charge in [-0.2, -0.15) is 0 Å². The highest BCUT2D eigenvalue weighted by atomic mass is 35.5. The molecule has 3 aromatic rings. The molecular formula is C21H18Cl2FNO. The van der Waals surface area contributed by atoms with E-state index in [0.717, 1.165) is 11.3 Å². The Kier molecular flexibility index (Phi) is 6.02. The molecule has 134 valence electrons. The molecule has 0 aliphatic rings. The second-order valence-corrected chi connectivity index (χ2v) is 6.84. The first-order valence-electron chi connectivity index (χ1n) is 8.17. The SMILES string of the molecule is Cc1ccc(NCc2cc(Cl)c(OCc3cccc(F)c3)c(Cl)c2)cc1. The number of benzene rings is 3. The lowest BCUT2D eigenvalue weighted by atomic mass is 10.2. The van der Waals surface area contributed by atoms with Gasteiger partial charge in [0.1, 0.15) is 12.4 Å². The molecule has 1 N–H and O–H groups in total. The van der Waals surface area contributed by atoms with Gasteiger partial charge in [-0.15, -0.1) is 0 Å². The van der Waals surface area contributed by atoms with Crippen LogP contribution in [0.1, 0.15) is 16.7 Å². The fourth-order valence-corrected chi connectivity index (χ4v) is 3.15. The standard InChI is InChI=1S/C21H18Cl2FNO/c1-14-5-7-18(8-6-14)25-12-16-10-19(22)21(20(23)11-16)26-13-15-3-2-4-17(24)9-15/h2-11,25H,12-13H2,1H3. The van der Waals surface area contributed by atoms with Gasteiger partial charge >= 0.3 is 0 Å². The highest BCUT2D eigenvalue weighted by Gasteiger charge is 2.10. The first-order valence-corrected chi connectivity index (χ1v) is 8.92. The van der Waals surface area contributed by atoms with Gasteiger partial charge in [0.15, 0.2) is 5.75 Å². The summed E-state index contributed by atoms with van der Waals surface area (Å²) in [5.74, 6) is 0.0949. The molecule has 0 aromatic heterocycles. The number of ether oxygens (including phenoxy) is 1. The van der Waals surface area contributed by atoms with E-state index < -0.39 is 0 Å². The summed E-state index contributed by atoms with van der Waals surface area (Å²) < 4.78 is 18.9. The van der Waals surface area contributed by atoms with Crippen molar-refractivity contribution in [1.82, 2.24) is 0 Å². The van der Waals surface area contributed by atoms with Crippen LogP contribution in [0.15, 0.2) is 60.7 Å². The largest absolute Gasteiger partial charge is 0.486 e. The first-order chi connectivity index (χ1) is 12.5. The zero-order valence-electron chi connectivity index (χ0n) is 14.2. The number of rotatable bonds is 6. The van der Waals surface area contributed by atoms with Crippen molar-refractivity contribution in [3.8, 4) is 5.75 Å². The van der Waals surface area contributed by atoms with Gasteiger partial charge in [0.2, 0.25) is 0 Å². The smallest absolute Gasteiger partial charge is 0.156 e. The Balaban J connectivity index is 1.66. The highest BCUT2D eigenvalue weighted by Crippen LogP contribution is 2.35. The molecule has 0 radical (unpaired) electrons. The zero-order valence-corrected chi connectivity index (χ0v) is 15.7. The molecule has 0 saturated carbocycles. The number of hydrogen-bond acceptors (Lipinski definition) is 2. The second kappa shape index (κ2) is 8.43. The van der Waals surface area contributed by atoms with Crippen molar-refractivity contribution in [2.75, 3.05) is 5.32 Å². The summed E-state index contributed by atoms with van der Waals surface area (Å²) in [5, 5.41) is 4.18. The van der Waals surface area contributed by atoms with Gasteiger partial charge in [-0.3, -0.25) is 0 Å². The quantitative estimate of drug-likeness (QED) is 0.510. The van der Waals surface area contributed by atoms with E-state index in [-0.39, 0.29) is 12.4 Å². The number of anilines is 1. The van der Waals surface area contributed by atoms with Crippen molar-refractivity contribution >= 4 is 28.9 Å². The number of aryl methyl sites for hydroxylation is 1. The van der Waals surface area contributed by atoms with E-state index in [1.54, 1.807) is 12.1 Å². The molecule has 3 rings (SSSR count). The summed E-state index contributed by atoms with van der Waals surface area (Å²) in [6.07, 6.45) is 0. The van der Waals surface area contributed by atoms with Gasteiger partial charge in [0.25, 0.3) is 0 Å². The molecule has 0 aliphatic carbocycles. The van der Waals surface area contributed by atoms with Crippen molar-refractivity contribution in [2.45, 2.75) is 20.1 Å². The maximum absolute atomic E-state index is 13.2. The van der Waals surface area contributed by atoms with Crippen molar-refractivity contribution < 1.29 is 9.13 Å². The molecule has 2 nitrogen and oxygen atoms in total. The minimum absolute atomic E-state index is 0.193. The van der Waals surface area contributed by atoms with Crippen LogP contribution < -0.4 is 10.1 Å². The first kappa shape index (κ1) is 18.6. The average Bonchev–Trinajstić information content (AvgIpc) is 2.60. The molecule has 0 unspecified atom stereocenters. The number of nitrogens with one attached hydrogen (secondary N) is 1. The third-order valence-electron chi connectivity index (χ3n) is 3.88. The molecule has 26 heavy (non-hydrogen) atoms. The third-order valence-corrected chi connectivity index (χ3v) is 4.44. The summed E-state index contributed by atoms with van der Waals surface area (Å²) in [4.78, 5) is 0. The molecule has 0 fully saturated rings. The van der Waals surface area contributed by atoms with Gasteiger partial charge < -0.3 is 10.1 Å². The van der Waals surface area contributed by atoms with Crippen LogP contribution in [0.3, 0.4) is 0 Å². The maximum Gasteiger partial charge on any atom is 0.156 e. The van der Waals surface area contributed by atoms with Crippen LogP contribution in [-0.4, -0.2) is 0 Å². The highest BCUT2D eigenvalue weighted by molar-refractivity contribution is 6.37. The predicted octanol–water partition coefficient (Wildman–Crippen LogP) is 6.63. The van der Waals surface area contributed by atoms with Crippen LogP contribution in [0, 0.1) is 12.7 Å². The van der Waals surface area contributed by atoms with Gasteiger partial charge in [-0.1, -0.05) is 53.0 Å². The van der Waals surface area contributed by atoms with Crippen LogP contribution in [-0.2, 0) is 13.2 Å². The Labute approximate surface area is 162 Å². The normalized spacial score (nSPS) is 10.6. The Morgan fingerprint density at radius 1 is 0.923 bits per heavy atom. The Hall–Kier alpha value is -2.23. The van der Waals surface area contributed by atoms with Crippen molar-refractivity contribution in [2.24, 2.45) is 0 Å². The molecule has 0 amide bonds. The lowest BCUT2D eigenvalue weighted by molar-refractivity contribution is 0.306. The minimum atomic E-state index is -0.305. The second-order valence-electron chi connectivity index (χ2n) is 6.03. The third kappa shape index (κ3) is 4.90. The Morgan fingerprint density at radius 2 is 1.62 bits per heavy atom.